The van der Waals surface area contributed by atoms with Gasteiger partial charge in [0.1, 0.15) is 27.7 Å². The summed E-state index contributed by atoms with van der Waals surface area (Å²) in [7, 11) is 3.17. The lowest BCUT2D eigenvalue weighted by atomic mass is 10.3. The number of benzene rings is 2. The van der Waals surface area contributed by atoms with Gasteiger partial charge in [-0.1, -0.05) is 23.7 Å². The van der Waals surface area contributed by atoms with Crippen molar-refractivity contribution in [1.29, 1.82) is 0 Å². The standard InChI is InChI=1S/C9H7ClN2O.C9H8N2O2/c1-13-7-4-2-3-6-9(7)11-5-8(10)12-6;1-13-7-4-2-3-6-9(7)10-5-8(12)11-6/h2-5H,1H3;2-5H,1H3,(H,11,12). The molecule has 0 saturated carbocycles. The third-order valence-electron chi connectivity index (χ3n) is 3.51. The van der Waals surface area contributed by atoms with E-state index < -0.39 is 0 Å². The molecule has 8 heteroatoms. The van der Waals surface area contributed by atoms with Crippen LogP contribution in [0.15, 0.2) is 53.6 Å². The number of hydrogen-bond donors (Lipinski definition) is 1. The van der Waals surface area contributed by atoms with Gasteiger partial charge in [-0.15, -0.1) is 0 Å². The van der Waals surface area contributed by atoms with Crippen LogP contribution >= 0.6 is 11.6 Å². The predicted molar refractivity (Wildman–Crippen MR) is 100 cm³/mol. The number of aromatic nitrogens is 4. The zero-order valence-electron chi connectivity index (χ0n) is 14.1. The van der Waals surface area contributed by atoms with Gasteiger partial charge in [-0.3, -0.25) is 4.79 Å². The Bertz CT molecular complexity index is 1110. The van der Waals surface area contributed by atoms with Crippen molar-refractivity contribution in [2.24, 2.45) is 0 Å². The van der Waals surface area contributed by atoms with Crippen molar-refractivity contribution in [2.45, 2.75) is 0 Å². The minimum absolute atomic E-state index is 0.208. The Hall–Kier alpha value is -3.19. The molecule has 0 amide bonds. The van der Waals surface area contributed by atoms with Gasteiger partial charge in [-0.25, -0.2) is 15.0 Å². The molecule has 7 nitrogen and oxygen atoms in total. The zero-order valence-corrected chi connectivity index (χ0v) is 14.8. The van der Waals surface area contributed by atoms with Gasteiger partial charge in [-0.05, 0) is 24.3 Å². The van der Waals surface area contributed by atoms with E-state index in [9.17, 15) is 4.79 Å². The zero-order chi connectivity index (χ0) is 18.5. The van der Waals surface area contributed by atoms with Gasteiger partial charge in [-0.2, -0.15) is 0 Å². The lowest BCUT2D eigenvalue weighted by molar-refractivity contribution is 0.418. The van der Waals surface area contributed by atoms with Crippen molar-refractivity contribution in [3.8, 4) is 11.5 Å². The summed E-state index contributed by atoms with van der Waals surface area (Å²) in [5, 5.41) is 0.390. The molecule has 26 heavy (non-hydrogen) atoms. The monoisotopic (exact) mass is 370 g/mol. The van der Waals surface area contributed by atoms with Crippen molar-refractivity contribution in [2.75, 3.05) is 14.2 Å². The fraction of sp³-hybridized carbons (Fsp3) is 0.111. The normalized spacial score (nSPS) is 10.3. The highest BCUT2D eigenvalue weighted by atomic mass is 35.5. The maximum absolute atomic E-state index is 10.9. The molecule has 2 heterocycles. The first-order valence-electron chi connectivity index (χ1n) is 7.59. The average molecular weight is 371 g/mol. The molecule has 4 rings (SSSR count). The Morgan fingerprint density at radius 3 is 2.31 bits per heavy atom. The van der Waals surface area contributed by atoms with Gasteiger partial charge < -0.3 is 14.5 Å². The van der Waals surface area contributed by atoms with Crippen LogP contribution < -0.4 is 15.0 Å². The molecule has 0 fully saturated rings. The number of hydrogen-bond acceptors (Lipinski definition) is 6. The number of nitrogens with zero attached hydrogens (tertiary/aromatic N) is 3. The number of fused-ring (bicyclic) bond motifs is 2. The first-order chi connectivity index (χ1) is 12.6. The number of H-pyrrole nitrogens is 1. The summed E-state index contributed by atoms with van der Waals surface area (Å²) in [4.78, 5) is 25.8. The maximum atomic E-state index is 10.9. The molecular weight excluding hydrogens is 356 g/mol. The quantitative estimate of drug-likeness (QED) is 0.582. The average Bonchev–Trinajstić information content (AvgIpc) is 2.67. The van der Waals surface area contributed by atoms with E-state index in [1.807, 2.05) is 18.2 Å². The molecule has 0 aliphatic rings. The van der Waals surface area contributed by atoms with Gasteiger partial charge >= 0.3 is 0 Å². The molecule has 0 atom stereocenters. The Kier molecular flexibility index (Phi) is 5.28. The molecule has 2 aromatic heterocycles. The van der Waals surface area contributed by atoms with Crippen molar-refractivity contribution in [1.82, 2.24) is 19.9 Å². The van der Waals surface area contributed by atoms with Crippen molar-refractivity contribution in [3.05, 3.63) is 64.3 Å². The van der Waals surface area contributed by atoms with Crippen LogP contribution in [0.3, 0.4) is 0 Å². The Balaban J connectivity index is 0.000000151. The topological polar surface area (TPSA) is 90.0 Å². The van der Waals surface area contributed by atoms with Crippen molar-refractivity contribution in [3.63, 3.8) is 0 Å². The molecule has 0 unspecified atom stereocenters. The number of para-hydroxylation sites is 2. The highest BCUT2D eigenvalue weighted by Crippen LogP contribution is 2.22. The van der Waals surface area contributed by atoms with Crippen LogP contribution in [-0.4, -0.2) is 34.2 Å². The number of halogens is 1. The molecule has 4 aromatic rings. The summed E-state index contributed by atoms with van der Waals surface area (Å²) in [6.07, 6.45) is 2.75. The van der Waals surface area contributed by atoms with E-state index >= 15 is 0 Å². The third-order valence-corrected chi connectivity index (χ3v) is 3.69. The van der Waals surface area contributed by atoms with E-state index in [4.69, 9.17) is 21.1 Å². The van der Waals surface area contributed by atoms with Crippen LogP contribution in [0.2, 0.25) is 5.15 Å². The number of methoxy groups -OCH3 is 2. The summed E-state index contributed by atoms with van der Waals surface area (Å²) >= 11 is 5.70. The van der Waals surface area contributed by atoms with Crippen molar-refractivity contribution >= 4 is 33.7 Å². The summed E-state index contributed by atoms with van der Waals surface area (Å²) in [5.41, 5.74) is 2.62. The first-order valence-corrected chi connectivity index (χ1v) is 7.97. The molecule has 0 saturated heterocycles. The Labute approximate surface area is 153 Å². The van der Waals surface area contributed by atoms with Gasteiger partial charge in [0, 0.05) is 0 Å². The summed E-state index contributed by atoms with van der Waals surface area (Å²) < 4.78 is 10.2. The lowest BCUT2D eigenvalue weighted by Gasteiger charge is -2.02. The molecule has 0 aliphatic heterocycles. The molecule has 0 spiro atoms. The fourth-order valence-electron chi connectivity index (χ4n) is 2.37. The van der Waals surface area contributed by atoms with Crippen LogP contribution in [-0.2, 0) is 0 Å². The van der Waals surface area contributed by atoms with Crippen LogP contribution in [0.1, 0.15) is 0 Å². The first kappa shape index (κ1) is 17.6. The molecule has 132 valence electrons. The highest BCUT2D eigenvalue weighted by molar-refractivity contribution is 6.29. The van der Waals surface area contributed by atoms with Gasteiger partial charge in [0.15, 0.2) is 0 Å². The Morgan fingerprint density at radius 1 is 0.923 bits per heavy atom. The predicted octanol–water partition coefficient (Wildman–Crippen LogP) is 3.22. The number of nitrogens with one attached hydrogen (secondary N) is 1. The van der Waals surface area contributed by atoms with Crippen molar-refractivity contribution < 1.29 is 9.47 Å². The smallest absolute Gasteiger partial charge is 0.266 e. The largest absolute Gasteiger partial charge is 0.494 e. The van der Waals surface area contributed by atoms with Gasteiger partial charge in [0.25, 0.3) is 5.56 Å². The fourth-order valence-corrected chi connectivity index (χ4v) is 2.51. The minimum atomic E-state index is -0.208. The number of rotatable bonds is 2. The van der Waals surface area contributed by atoms with E-state index in [1.165, 1.54) is 12.4 Å². The molecule has 2 aromatic carbocycles. The second-order valence-corrected chi connectivity index (χ2v) is 5.51. The number of ether oxygens (including phenoxy) is 2. The van der Waals surface area contributed by atoms with E-state index in [-0.39, 0.29) is 5.56 Å². The molecule has 0 bridgehead atoms. The van der Waals surface area contributed by atoms with Crippen LogP contribution in [0.4, 0.5) is 0 Å². The van der Waals surface area contributed by atoms with Crippen LogP contribution in [0.25, 0.3) is 22.1 Å². The van der Waals surface area contributed by atoms with E-state index in [0.717, 1.165) is 11.0 Å². The number of aromatic amines is 1. The lowest BCUT2D eigenvalue weighted by Crippen LogP contribution is -2.05. The van der Waals surface area contributed by atoms with E-state index in [2.05, 4.69) is 19.9 Å². The van der Waals surface area contributed by atoms with Crippen LogP contribution in [0, 0.1) is 0 Å². The van der Waals surface area contributed by atoms with E-state index in [0.29, 0.717) is 27.7 Å². The summed E-state index contributed by atoms with van der Waals surface area (Å²) in [6, 6.07) is 10.9. The maximum Gasteiger partial charge on any atom is 0.266 e. The molecule has 1 N–H and O–H groups in total. The van der Waals surface area contributed by atoms with E-state index in [1.54, 1.807) is 32.4 Å². The third kappa shape index (κ3) is 3.73. The highest BCUT2D eigenvalue weighted by Gasteiger charge is 2.03. The Morgan fingerprint density at radius 2 is 1.58 bits per heavy atom. The van der Waals surface area contributed by atoms with Gasteiger partial charge in [0.05, 0.1) is 37.6 Å². The van der Waals surface area contributed by atoms with Gasteiger partial charge in [0.2, 0.25) is 0 Å². The van der Waals surface area contributed by atoms with Crippen LogP contribution in [0.5, 0.6) is 11.5 Å². The molecule has 0 aliphatic carbocycles. The summed E-state index contributed by atoms with van der Waals surface area (Å²) in [6.45, 7) is 0. The SMILES string of the molecule is COc1cccc2[nH]c(=O)cnc12.COc1cccc2nc(Cl)cnc12. The summed E-state index contributed by atoms with van der Waals surface area (Å²) in [5.74, 6) is 1.37. The minimum Gasteiger partial charge on any atom is -0.494 e. The molecule has 0 radical (unpaired) electrons. The second-order valence-electron chi connectivity index (χ2n) is 5.12. The molecular formula is C18H15ClN4O3. The second kappa shape index (κ2) is 7.79.